The van der Waals surface area contributed by atoms with Crippen LogP contribution < -0.4 is 9.80 Å². The number of hydrogen-bond donors (Lipinski definition) is 0. The summed E-state index contributed by atoms with van der Waals surface area (Å²) in [6.45, 7) is 4.80. The molecule has 77 heavy (non-hydrogen) atoms. The molecule has 0 bridgehead atoms. The highest BCUT2D eigenvalue weighted by molar-refractivity contribution is 6.23. The van der Waals surface area contributed by atoms with E-state index >= 15 is 0 Å². The van der Waals surface area contributed by atoms with Gasteiger partial charge in [-0.1, -0.05) is 178 Å². The van der Waals surface area contributed by atoms with Crippen molar-refractivity contribution >= 4 is 84.7 Å². The van der Waals surface area contributed by atoms with E-state index in [9.17, 15) is 0 Å². The number of allylic oxidation sites excluding steroid dienone is 3. The van der Waals surface area contributed by atoms with E-state index in [2.05, 4.69) is 266 Å². The van der Waals surface area contributed by atoms with Gasteiger partial charge in [0, 0.05) is 39.5 Å². The molecule has 0 radical (unpaired) electrons. The molecule has 0 unspecified atom stereocenters. The van der Waals surface area contributed by atoms with Gasteiger partial charge >= 0.3 is 0 Å². The van der Waals surface area contributed by atoms with E-state index in [1.807, 2.05) is 0 Å². The molecule has 4 aliphatic carbocycles. The van der Waals surface area contributed by atoms with Gasteiger partial charge in [0.05, 0.1) is 0 Å². The maximum atomic E-state index is 2.53. The highest BCUT2D eigenvalue weighted by Gasteiger charge is 2.36. The van der Waals surface area contributed by atoms with E-state index in [-0.39, 0.29) is 5.41 Å². The summed E-state index contributed by atoms with van der Waals surface area (Å²) < 4.78 is 0. The first-order valence-corrected chi connectivity index (χ1v) is 27.7. The van der Waals surface area contributed by atoms with E-state index < -0.39 is 0 Å². The molecule has 0 saturated carbocycles. The van der Waals surface area contributed by atoms with E-state index in [0.717, 1.165) is 61.3 Å². The second-order valence-electron chi connectivity index (χ2n) is 22.2. The summed E-state index contributed by atoms with van der Waals surface area (Å²) >= 11 is 0. The van der Waals surface area contributed by atoms with Crippen LogP contribution in [0, 0.1) is 0 Å². The lowest BCUT2D eigenvalue weighted by Crippen LogP contribution is -2.15. The topological polar surface area (TPSA) is 6.48 Å². The number of hydrogen-bond acceptors (Lipinski definition) is 2. The van der Waals surface area contributed by atoms with Crippen LogP contribution in [0.1, 0.15) is 77.6 Å². The Bertz CT molecular complexity index is 4320. The Kier molecular flexibility index (Phi) is 10.7. The third-order valence-corrected chi connectivity index (χ3v) is 17.3. The first-order valence-electron chi connectivity index (χ1n) is 27.7. The Balaban J connectivity index is 1.02. The molecule has 0 spiro atoms. The molecule has 2 heteroatoms. The van der Waals surface area contributed by atoms with Crippen molar-refractivity contribution < 1.29 is 0 Å². The predicted molar refractivity (Wildman–Crippen MR) is 329 cm³/mol. The van der Waals surface area contributed by atoms with Gasteiger partial charge in [-0.05, 0) is 228 Å². The molecular formula is C75H58N2. The van der Waals surface area contributed by atoms with Crippen LogP contribution >= 0.6 is 0 Å². The molecule has 4 aliphatic rings. The van der Waals surface area contributed by atoms with Crippen LogP contribution in [0.2, 0.25) is 0 Å². The van der Waals surface area contributed by atoms with Gasteiger partial charge < -0.3 is 9.80 Å². The minimum Gasteiger partial charge on any atom is -0.310 e. The lowest BCUT2D eigenvalue weighted by molar-refractivity contribution is 0.660. The molecule has 15 rings (SSSR count). The quantitative estimate of drug-likeness (QED) is 0.140. The normalized spacial score (nSPS) is 14.5. The summed E-state index contributed by atoms with van der Waals surface area (Å²) in [5.41, 5.74) is 25.2. The number of rotatable bonds is 8. The molecule has 0 aliphatic heterocycles. The van der Waals surface area contributed by atoms with Gasteiger partial charge in [0.15, 0.2) is 0 Å². The second-order valence-corrected chi connectivity index (χ2v) is 22.2. The van der Waals surface area contributed by atoms with Crippen LogP contribution in [0.5, 0.6) is 0 Å². The average Bonchev–Trinajstić information content (AvgIpc) is 3.78. The SMILES string of the molecule is CC1(C)c2ccccc2-c2ccc(-c3c4ccc(N(c5ccc6c(c5)C=CCC6)c5ccc6c(c5)CCC=C6)cc4c(-c4ccccc4)c4ccc(N(c5ccc6c(c5)C=CCC6)c5ccc6ccccc6c5)cc34)cc21. The van der Waals surface area contributed by atoms with E-state index in [4.69, 9.17) is 0 Å². The minimum absolute atomic E-state index is 0.168. The van der Waals surface area contributed by atoms with Crippen LogP contribution in [0.25, 0.3) is 83.9 Å². The Morgan fingerprint density at radius 3 is 1.52 bits per heavy atom. The average molecular weight is 987 g/mol. The van der Waals surface area contributed by atoms with Crippen LogP contribution in [0.4, 0.5) is 34.1 Å². The fraction of sp³-hybridized carbons (Fsp3) is 0.120. The highest BCUT2D eigenvalue weighted by Crippen LogP contribution is 2.53. The zero-order valence-electron chi connectivity index (χ0n) is 43.7. The molecule has 2 nitrogen and oxygen atoms in total. The van der Waals surface area contributed by atoms with Crippen LogP contribution in [-0.4, -0.2) is 0 Å². The number of benzene rings is 11. The summed E-state index contributed by atoms with van der Waals surface area (Å²) in [6, 6.07) is 79.0. The number of aryl methyl sites for hydroxylation is 3. The van der Waals surface area contributed by atoms with Gasteiger partial charge in [-0.15, -0.1) is 0 Å². The van der Waals surface area contributed by atoms with Crippen molar-refractivity contribution in [2.24, 2.45) is 0 Å². The molecule has 0 amide bonds. The summed E-state index contributed by atoms with van der Waals surface area (Å²) in [5, 5.41) is 7.35. The maximum absolute atomic E-state index is 2.53. The first-order chi connectivity index (χ1) is 37.9. The van der Waals surface area contributed by atoms with Crippen molar-refractivity contribution in [3.8, 4) is 33.4 Å². The van der Waals surface area contributed by atoms with E-state index in [1.54, 1.807) is 0 Å². The third kappa shape index (κ3) is 7.60. The summed E-state index contributed by atoms with van der Waals surface area (Å²) in [7, 11) is 0. The Hall–Kier alpha value is -8.98. The van der Waals surface area contributed by atoms with Crippen LogP contribution in [-0.2, 0) is 24.7 Å². The van der Waals surface area contributed by atoms with Gasteiger partial charge in [-0.25, -0.2) is 0 Å². The fourth-order valence-corrected chi connectivity index (χ4v) is 13.4. The molecule has 0 heterocycles. The molecule has 0 atom stereocenters. The largest absolute Gasteiger partial charge is 0.310 e. The molecule has 0 fully saturated rings. The van der Waals surface area contributed by atoms with Gasteiger partial charge in [0.25, 0.3) is 0 Å². The Morgan fingerprint density at radius 2 is 0.831 bits per heavy atom. The lowest BCUT2D eigenvalue weighted by atomic mass is 9.80. The molecule has 11 aromatic rings. The molecule has 11 aromatic carbocycles. The first kappa shape index (κ1) is 45.4. The van der Waals surface area contributed by atoms with Crippen molar-refractivity contribution in [2.75, 3.05) is 9.80 Å². The van der Waals surface area contributed by atoms with Crippen LogP contribution in [0.15, 0.2) is 224 Å². The number of anilines is 6. The summed E-state index contributed by atoms with van der Waals surface area (Å²) in [5.74, 6) is 0. The molecule has 368 valence electrons. The van der Waals surface area contributed by atoms with Crippen LogP contribution in [0.3, 0.4) is 0 Å². The molecule has 0 saturated heterocycles. The van der Waals surface area contributed by atoms with E-state index in [1.165, 1.54) is 122 Å². The molecule has 0 N–H and O–H groups in total. The van der Waals surface area contributed by atoms with Crippen molar-refractivity contribution in [3.05, 3.63) is 269 Å². The lowest BCUT2D eigenvalue weighted by Gasteiger charge is -2.29. The standard InChI is InChI=1S/C75H58N2/c1-75(2)71-27-15-14-26-65(71)66-39-32-58(46-72(66)75)74-68-41-38-63(76(59-33-28-49-16-6-10-22-54(49)42-59)60-34-29-50-17-7-11-23-55(50)43-60)47-69(68)73(53-20-4-3-5-21-53)67-40-37-64(48-70(67)74)77(61-35-30-51-18-8-12-24-56(51)44-61)62-36-31-52-19-9-13-25-57(52)45-62/h3-6,8,11-16,18,20-21,23-48H,7,9-10,17,19,22H2,1-2H3. The van der Waals surface area contributed by atoms with E-state index in [0.29, 0.717) is 0 Å². The van der Waals surface area contributed by atoms with Crippen molar-refractivity contribution in [1.82, 2.24) is 0 Å². The summed E-state index contributed by atoms with van der Waals surface area (Å²) in [6.07, 6.45) is 20.3. The molecular weight excluding hydrogens is 929 g/mol. The predicted octanol–water partition coefficient (Wildman–Crippen LogP) is 20.6. The Labute approximate surface area is 452 Å². The zero-order valence-corrected chi connectivity index (χ0v) is 43.7. The third-order valence-electron chi connectivity index (χ3n) is 17.3. The van der Waals surface area contributed by atoms with Gasteiger partial charge in [0.1, 0.15) is 0 Å². The number of nitrogens with zero attached hydrogens (tertiary/aromatic N) is 2. The van der Waals surface area contributed by atoms with Crippen molar-refractivity contribution in [2.45, 2.75) is 57.8 Å². The molecule has 0 aromatic heterocycles. The maximum Gasteiger partial charge on any atom is 0.0468 e. The zero-order chi connectivity index (χ0) is 51.2. The second kappa shape index (κ2) is 18.1. The monoisotopic (exact) mass is 986 g/mol. The Morgan fingerprint density at radius 1 is 0.325 bits per heavy atom. The van der Waals surface area contributed by atoms with Crippen molar-refractivity contribution in [1.29, 1.82) is 0 Å². The number of fused-ring (bicyclic) bond motifs is 9. The van der Waals surface area contributed by atoms with Gasteiger partial charge in [-0.3, -0.25) is 0 Å². The highest BCUT2D eigenvalue weighted by atomic mass is 15.1. The summed E-state index contributed by atoms with van der Waals surface area (Å²) in [4.78, 5) is 4.99. The van der Waals surface area contributed by atoms with Gasteiger partial charge in [0.2, 0.25) is 0 Å². The minimum atomic E-state index is -0.168. The van der Waals surface area contributed by atoms with Gasteiger partial charge in [-0.2, -0.15) is 0 Å². The fourth-order valence-electron chi connectivity index (χ4n) is 13.4. The smallest absolute Gasteiger partial charge is 0.0468 e. The van der Waals surface area contributed by atoms with Crippen molar-refractivity contribution in [3.63, 3.8) is 0 Å².